The molecule has 2 N–H and O–H groups in total. The van der Waals surface area contributed by atoms with E-state index in [-0.39, 0.29) is 11.6 Å². The van der Waals surface area contributed by atoms with Gasteiger partial charge in [-0.05, 0) is 66.4 Å². The van der Waals surface area contributed by atoms with Crippen molar-refractivity contribution in [3.8, 4) is 0 Å². The predicted molar refractivity (Wildman–Crippen MR) is 137 cm³/mol. The number of aliphatic hydroxyl groups is 1. The zero-order valence-electron chi connectivity index (χ0n) is 18.4. The fourth-order valence-corrected chi connectivity index (χ4v) is 4.35. The van der Waals surface area contributed by atoms with Crippen LogP contribution in [0, 0.1) is 0 Å². The summed E-state index contributed by atoms with van der Waals surface area (Å²) in [7, 11) is 0. The van der Waals surface area contributed by atoms with E-state index in [0.717, 1.165) is 15.6 Å². The fraction of sp³-hybridized carbons (Fsp3) is 0.185. The smallest absolute Gasteiger partial charge is 0.270 e. The minimum Gasteiger partial charge on any atom is -0.385 e. The van der Waals surface area contributed by atoms with E-state index in [1.165, 1.54) is 0 Å². The number of hydrogen-bond donors (Lipinski definition) is 2. The zero-order valence-corrected chi connectivity index (χ0v) is 20.7. The number of rotatable bonds is 5. The molecule has 0 aliphatic carbocycles. The van der Waals surface area contributed by atoms with Crippen molar-refractivity contribution in [2.24, 2.45) is 0 Å². The van der Waals surface area contributed by atoms with Crippen LogP contribution in [0.5, 0.6) is 0 Å². The average molecular weight is 540 g/mol. The summed E-state index contributed by atoms with van der Waals surface area (Å²) < 4.78 is 0.944. The van der Waals surface area contributed by atoms with Gasteiger partial charge in [0.25, 0.3) is 11.8 Å². The maximum Gasteiger partial charge on any atom is 0.270 e. The molecule has 1 heterocycles. The summed E-state index contributed by atoms with van der Waals surface area (Å²) in [6, 6.07) is 23.4. The molecule has 1 aliphatic heterocycles. The van der Waals surface area contributed by atoms with E-state index in [9.17, 15) is 14.7 Å². The van der Waals surface area contributed by atoms with Crippen LogP contribution < -0.4 is 5.32 Å². The third-order valence-electron chi connectivity index (χ3n) is 5.95. The largest absolute Gasteiger partial charge is 0.385 e. The molecule has 0 unspecified atom stereocenters. The highest BCUT2D eigenvalue weighted by Gasteiger charge is 2.36. The molecule has 0 spiro atoms. The van der Waals surface area contributed by atoms with Crippen molar-refractivity contribution in [3.63, 3.8) is 0 Å². The number of piperidine rings is 1. The molecule has 1 saturated heterocycles. The summed E-state index contributed by atoms with van der Waals surface area (Å²) in [5.41, 5.74) is 1.22. The molecule has 2 amide bonds. The Morgan fingerprint density at radius 2 is 1.56 bits per heavy atom. The predicted octanol–water partition coefficient (Wildman–Crippen LogP) is 5.38. The number of halogens is 2. The Kier molecular flexibility index (Phi) is 7.51. The molecule has 7 heteroatoms. The molecule has 0 aromatic heterocycles. The van der Waals surface area contributed by atoms with E-state index in [0.29, 0.717) is 36.5 Å². The van der Waals surface area contributed by atoms with E-state index in [1.807, 2.05) is 54.6 Å². The summed E-state index contributed by atoms with van der Waals surface area (Å²) in [6.07, 6.45) is 2.49. The van der Waals surface area contributed by atoms with Crippen molar-refractivity contribution in [2.75, 3.05) is 13.1 Å². The number of nitrogens with one attached hydrogen (secondary N) is 1. The third kappa shape index (κ3) is 5.76. The Labute approximate surface area is 212 Å². The Morgan fingerprint density at radius 1 is 0.941 bits per heavy atom. The molecule has 0 saturated carbocycles. The van der Waals surface area contributed by atoms with Gasteiger partial charge in [0.05, 0.1) is 5.60 Å². The Bertz CT molecular complexity index is 1190. The van der Waals surface area contributed by atoms with Crippen molar-refractivity contribution in [1.29, 1.82) is 0 Å². The fourth-order valence-electron chi connectivity index (χ4n) is 3.96. The van der Waals surface area contributed by atoms with Gasteiger partial charge in [-0.1, -0.05) is 70.0 Å². The molecule has 0 radical (unpaired) electrons. The van der Waals surface area contributed by atoms with Crippen molar-refractivity contribution in [3.05, 3.63) is 111 Å². The molecule has 0 bridgehead atoms. The number of nitrogens with zero attached hydrogens (tertiary/aromatic N) is 1. The van der Waals surface area contributed by atoms with Crippen LogP contribution >= 0.6 is 27.5 Å². The van der Waals surface area contributed by atoms with Crippen LogP contribution in [0.15, 0.2) is 89.0 Å². The van der Waals surface area contributed by atoms with Gasteiger partial charge in [0, 0.05) is 28.1 Å². The molecule has 3 aromatic rings. The third-order valence-corrected chi connectivity index (χ3v) is 6.74. The number of benzene rings is 3. The van der Waals surface area contributed by atoms with Gasteiger partial charge in [-0.2, -0.15) is 0 Å². The first-order valence-corrected chi connectivity index (χ1v) is 12.1. The Morgan fingerprint density at radius 3 is 2.18 bits per heavy atom. The highest BCUT2D eigenvalue weighted by atomic mass is 79.9. The summed E-state index contributed by atoms with van der Waals surface area (Å²) >= 11 is 9.35. The van der Waals surface area contributed by atoms with E-state index < -0.39 is 11.5 Å². The summed E-state index contributed by atoms with van der Waals surface area (Å²) in [4.78, 5) is 28.0. The monoisotopic (exact) mass is 538 g/mol. The van der Waals surface area contributed by atoms with Crippen molar-refractivity contribution in [1.82, 2.24) is 10.2 Å². The summed E-state index contributed by atoms with van der Waals surface area (Å²) in [5.74, 6) is -0.681. The summed E-state index contributed by atoms with van der Waals surface area (Å²) in [5, 5.41) is 14.5. The number of hydrogen-bond acceptors (Lipinski definition) is 3. The van der Waals surface area contributed by atoms with Gasteiger partial charge in [0.2, 0.25) is 0 Å². The van der Waals surface area contributed by atoms with E-state index in [4.69, 9.17) is 11.6 Å². The van der Waals surface area contributed by atoms with E-state index in [1.54, 1.807) is 35.2 Å². The Hall–Kier alpha value is -2.93. The van der Waals surface area contributed by atoms with E-state index in [2.05, 4.69) is 21.2 Å². The van der Waals surface area contributed by atoms with Gasteiger partial charge in [-0.3, -0.25) is 9.59 Å². The first-order valence-electron chi connectivity index (χ1n) is 11.0. The number of carbonyl (C=O) groups excluding carboxylic acids is 2. The molecule has 34 heavy (non-hydrogen) atoms. The van der Waals surface area contributed by atoms with Crippen molar-refractivity contribution < 1.29 is 14.7 Å². The lowest BCUT2D eigenvalue weighted by Gasteiger charge is -2.38. The van der Waals surface area contributed by atoms with Gasteiger partial charge < -0.3 is 15.3 Å². The second-order valence-corrected chi connectivity index (χ2v) is 9.61. The number of likely N-dealkylation sites (tertiary alicyclic amines) is 1. The number of carbonyl (C=O) groups is 2. The SMILES string of the molecule is O=C(N/C(=C\c1ccccc1)C(=O)N1CCC(O)(c2ccc(Br)cc2)CC1)c1ccc(Cl)cc1. The second-order valence-electron chi connectivity index (χ2n) is 8.26. The van der Waals surface area contributed by atoms with Gasteiger partial charge in [-0.25, -0.2) is 0 Å². The molecule has 1 aliphatic rings. The van der Waals surface area contributed by atoms with Crippen LogP contribution in [0.1, 0.15) is 34.3 Å². The zero-order chi connectivity index (χ0) is 24.1. The minimum atomic E-state index is -0.993. The quantitative estimate of drug-likeness (QED) is 0.428. The number of amides is 2. The average Bonchev–Trinajstić information content (AvgIpc) is 2.85. The van der Waals surface area contributed by atoms with Crippen LogP contribution in [0.2, 0.25) is 5.02 Å². The van der Waals surface area contributed by atoms with Crippen LogP contribution in [-0.2, 0) is 10.4 Å². The van der Waals surface area contributed by atoms with Crippen LogP contribution in [0.25, 0.3) is 6.08 Å². The topological polar surface area (TPSA) is 69.6 Å². The molecule has 1 fully saturated rings. The molecule has 5 nitrogen and oxygen atoms in total. The molecule has 4 rings (SSSR count). The highest BCUT2D eigenvalue weighted by molar-refractivity contribution is 9.10. The van der Waals surface area contributed by atoms with Crippen LogP contribution in [0.4, 0.5) is 0 Å². The lowest BCUT2D eigenvalue weighted by Crippen LogP contribution is -2.47. The van der Waals surface area contributed by atoms with Gasteiger partial charge in [0.1, 0.15) is 5.70 Å². The van der Waals surface area contributed by atoms with E-state index >= 15 is 0 Å². The lowest BCUT2D eigenvalue weighted by molar-refractivity contribution is -0.131. The molecular formula is C27H24BrClN2O3. The highest BCUT2D eigenvalue weighted by Crippen LogP contribution is 2.33. The molecule has 3 aromatic carbocycles. The Balaban J connectivity index is 1.52. The minimum absolute atomic E-state index is 0.181. The van der Waals surface area contributed by atoms with Crippen molar-refractivity contribution in [2.45, 2.75) is 18.4 Å². The van der Waals surface area contributed by atoms with Crippen LogP contribution in [-0.4, -0.2) is 34.9 Å². The van der Waals surface area contributed by atoms with Crippen LogP contribution in [0.3, 0.4) is 0 Å². The lowest BCUT2D eigenvalue weighted by atomic mass is 9.84. The standard InChI is InChI=1S/C27H24BrClN2O3/c28-22-10-8-21(9-11-22)27(34)14-16-31(17-15-27)26(33)24(18-19-4-2-1-3-5-19)30-25(32)20-6-12-23(29)13-7-20/h1-13,18,34H,14-17H2,(H,30,32)/b24-18-. The molecular weight excluding hydrogens is 516 g/mol. The van der Waals surface area contributed by atoms with Gasteiger partial charge in [0.15, 0.2) is 0 Å². The molecule has 174 valence electrons. The van der Waals surface area contributed by atoms with Gasteiger partial charge >= 0.3 is 0 Å². The van der Waals surface area contributed by atoms with Crippen molar-refractivity contribution >= 4 is 45.4 Å². The first-order chi connectivity index (χ1) is 16.3. The normalized spacial score (nSPS) is 15.6. The summed E-state index contributed by atoms with van der Waals surface area (Å²) in [6.45, 7) is 0.739. The second kappa shape index (κ2) is 10.6. The molecule has 0 atom stereocenters. The maximum absolute atomic E-state index is 13.4. The van der Waals surface area contributed by atoms with Gasteiger partial charge in [-0.15, -0.1) is 0 Å². The maximum atomic E-state index is 13.4. The first kappa shape index (κ1) is 24.2.